The standard InChI is InChI=1S/C25H30F3N5O4/c1-30-13-22(29-15-30)24(36)33(8-16-3-2-4-18(7-16)37-25(26,27)28)12-21-19-10-31(11-20(19)21)14-23(35)32-6-5-17(34)9-32/h2-4,7,13,15,17,19-21,34H,5-6,8-12,14H2,1H3. The summed E-state index contributed by atoms with van der Waals surface area (Å²) in [5.41, 5.74) is 0.799. The Morgan fingerprint density at radius 1 is 1.22 bits per heavy atom. The summed E-state index contributed by atoms with van der Waals surface area (Å²) in [6.07, 6.45) is -1.47. The average molecular weight is 522 g/mol. The van der Waals surface area contributed by atoms with Gasteiger partial charge in [0.2, 0.25) is 5.91 Å². The van der Waals surface area contributed by atoms with Crippen molar-refractivity contribution in [3.8, 4) is 5.75 Å². The van der Waals surface area contributed by atoms with Gasteiger partial charge in [0.05, 0.1) is 19.0 Å². The SMILES string of the molecule is Cn1cnc(C(=O)N(Cc2cccc(OC(F)(F)F)c2)CC2C3CN(CC(=O)N4CCC(O)C4)CC32)c1. The number of β-amino-alcohol motifs (C(OH)–C–C–N with tert-alkyl or cyclic N) is 1. The van der Waals surface area contributed by atoms with Crippen LogP contribution in [0.3, 0.4) is 0 Å². The Morgan fingerprint density at radius 3 is 2.59 bits per heavy atom. The molecule has 1 aromatic carbocycles. The molecular formula is C25H30F3N5O4. The van der Waals surface area contributed by atoms with Crippen molar-refractivity contribution in [2.75, 3.05) is 39.3 Å². The van der Waals surface area contributed by atoms with Gasteiger partial charge in [-0.05, 0) is 41.9 Å². The van der Waals surface area contributed by atoms with Crippen LogP contribution in [0.2, 0.25) is 0 Å². The van der Waals surface area contributed by atoms with E-state index in [-0.39, 0.29) is 35.7 Å². The van der Waals surface area contributed by atoms with E-state index in [1.165, 1.54) is 24.5 Å². The number of carbonyl (C=O) groups excluding carboxylic acids is 2. The number of nitrogens with zero attached hydrogens (tertiary/aromatic N) is 5. The van der Waals surface area contributed by atoms with E-state index >= 15 is 0 Å². The number of carbonyl (C=O) groups is 2. The zero-order valence-electron chi connectivity index (χ0n) is 20.5. The number of imidazole rings is 1. The fourth-order valence-electron chi connectivity index (χ4n) is 5.62. The highest BCUT2D eigenvalue weighted by molar-refractivity contribution is 5.92. The summed E-state index contributed by atoms with van der Waals surface area (Å²) < 4.78 is 43.7. The van der Waals surface area contributed by atoms with Crippen LogP contribution in [0.5, 0.6) is 5.75 Å². The smallest absolute Gasteiger partial charge is 0.406 e. The normalized spacial score (nSPS) is 25.3. The number of benzene rings is 1. The van der Waals surface area contributed by atoms with Gasteiger partial charge in [-0.25, -0.2) is 4.98 Å². The van der Waals surface area contributed by atoms with E-state index in [2.05, 4.69) is 14.6 Å². The van der Waals surface area contributed by atoms with Gasteiger partial charge < -0.3 is 24.2 Å². The Morgan fingerprint density at radius 2 is 1.97 bits per heavy atom. The second-order valence-corrected chi connectivity index (χ2v) is 10.3. The van der Waals surface area contributed by atoms with E-state index < -0.39 is 12.5 Å². The van der Waals surface area contributed by atoms with Crippen molar-refractivity contribution >= 4 is 11.8 Å². The molecule has 3 aliphatic rings. The lowest BCUT2D eigenvalue weighted by molar-refractivity contribution is -0.274. The van der Waals surface area contributed by atoms with Crippen LogP contribution in [0.25, 0.3) is 0 Å². The summed E-state index contributed by atoms with van der Waals surface area (Å²) in [5, 5.41) is 9.67. The number of ether oxygens (including phenoxy) is 1. The zero-order chi connectivity index (χ0) is 26.3. The van der Waals surface area contributed by atoms with Gasteiger partial charge in [-0.15, -0.1) is 13.2 Å². The summed E-state index contributed by atoms with van der Waals surface area (Å²) >= 11 is 0. The van der Waals surface area contributed by atoms with Crippen LogP contribution in [-0.4, -0.2) is 92.9 Å². The van der Waals surface area contributed by atoms with Crippen LogP contribution < -0.4 is 4.74 Å². The Kier molecular flexibility index (Phi) is 6.88. The molecular weight excluding hydrogens is 491 g/mol. The van der Waals surface area contributed by atoms with E-state index in [9.17, 15) is 27.9 Å². The van der Waals surface area contributed by atoms with Gasteiger partial charge in [0, 0.05) is 52.5 Å². The molecule has 12 heteroatoms. The van der Waals surface area contributed by atoms with Gasteiger partial charge >= 0.3 is 6.36 Å². The number of amides is 2. The zero-order valence-corrected chi connectivity index (χ0v) is 20.5. The number of aryl methyl sites for hydroxylation is 1. The van der Waals surface area contributed by atoms with E-state index in [1.54, 1.807) is 33.7 Å². The van der Waals surface area contributed by atoms with Crippen LogP contribution in [0.4, 0.5) is 13.2 Å². The number of alkyl halides is 3. The minimum Gasteiger partial charge on any atom is -0.406 e. The van der Waals surface area contributed by atoms with Crippen molar-refractivity contribution in [1.82, 2.24) is 24.3 Å². The Balaban J connectivity index is 1.22. The predicted octanol–water partition coefficient (Wildman–Crippen LogP) is 1.73. The van der Waals surface area contributed by atoms with Gasteiger partial charge in [-0.2, -0.15) is 0 Å². The maximum absolute atomic E-state index is 13.3. The highest BCUT2D eigenvalue weighted by atomic mass is 19.4. The second kappa shape index (κ2) is 9.97. The van der Waals surface area contributed by atoms with Gasteiger partial charge in [0.15, 0.2) is 0 Å². The number of likely N-dealkylation sites (tertiary alicyclic amines) is 2. The van der Waals surface area contributed by atoms with E-state index in [0.29, 0.717) is 50.0 Å². The first-order valence-corrected chi connectivity index (χ1v) is 12.4. The number of hydrogen-bond donors (Lipinski definition) is 1. The summed E-state index contributed by atoms with van der Waals surface area (Å²) in [5.74, 6) is 0.382. The molecule has 0 radical (unpaired) electrons. The van der Waals surface area contributed by atoms with Crippen molar-refractivity contribution < 1.29 is 32.6 Å². The molecule has 5 rings (SSSR count). The topological polar surface area (TPSA) is 91.1 Å². The summed E-state index contributed by atoms with van der Waals surface area (Å²) in [4.78, 5) is 35.5. The first-order chi connectivity index (χ1) is 17.6. The molecule has 3 unspecified atom stereocenters. The van der Waals surface area contributed by atoms with Crippen molar-refractivity contribution in [2.45, 2.75) is 25.4 Å². The molecule has 1 aromatic heterocycles. The Labute approximate surface area is 212 Å². The lowest BCUT2D eigenvalue weighted by atomic mass is 10.1. The fraction of sp³-hybridized carbons (Fsp3) is 0.560. The third kappa shape index (κ3) is 6.07. The Hall–Kier alpha value is -3.12. The molecule has 1 aliphatic carbocycles. The van der Waals surface area contributed by atoms with Gasteiger partial charge in [-0.1, -0.05) is 12.1 Å². The molecule has 3 heterocycles. The van der Waals surface area contributed by atoms with Crippen molar-refractivity contribution in [3.05, 3.63) is 48.0 Å². The number of aliphatic hydroxyl groups excluding tert-OH is 1. The van der Waals surface area contributed by atoms with Crippen LogP contribution in [-0.2, 0) is 18.4 Å². The van der Waals surface area contributed by atoms with Gasteiger partial charge in [-0.3, -0.25) is 14.5 Å². The number of piperidine rings is 1. The van der Waals surface area contributed by atoms with Gasteiger partial charge in [0.1, 0.15) is 11.4 Å². The number of aromatic nitrogens is 2. The first-order valence-electron chi connectivity index (χ1n) is 12.4. The molecule has 9 nitrogen and oxygen atoms in total. The molecule has 2 saturated heterocycles. The maximum atomic E-state index is 13.3. The summed E-state index contributed by atoms with van der Waals surface area (Å²) in [6, 6.07) is 5.66. The molecule has 2 amide bonds. The molecule has 1 N–H and O–H groups in total. The lowest BCUT2D eigenvalue weighted by Gasteiger charge is -2.26. The maximum Gasteiger partial charge on any atom is 0.573 e. The molecule has 3 fully saturated rings. The third-order valence-corrected chi connectivity index (χ3v) is 7.47. The van der Waals surface area contributed by atoms with Crippen molar-refractivity contribution in [2.24, 2.45) is 24.8 Å². The van der Waals surface area contributed by atoms with E-state index in [4.69, 9.17) is 0 Å². The molecule has 200 valence electrons. The predicted molar refractivity (Wildman–Crippen MR) is 125 cm³/mol. The molecule has 37 heavy (non-hydrogen) atoms. The summed E-state index contributed by atoms with van der Waals surface area (Å²) in [6.45, 7) is 3.41. The number of halogens is 3. The highest BCUT2D eigenvalue weighted by Crippen LogP contribution is 2.52. The molecule has 1 saturated carbocycles. The lowest BCUT2D eigenvalue weighted by Crippen LogP contribution is -2.40. The second-order valence-electron chi connectivity index (χ2n) is 10.3. The van der Waals surface area contributed by atoms with Crippen LogP contribution in [0.1, 0.15) is 22.5 Å². The van der Waals surface area contributed by atoms with Crippen LogP contribution in [0, 0.1) is 17.8 Å². The number of rotatable bonds is 8. The first kappa shape index (κ1) is 25.5. The highest BCUT2D eigenvalue weighted by Gasteiger charge is 2.56. The summed E-state index contributed by atoms with van der Waals surface area (Å²) in [7, 11) is 1.76. The van der Waals surface area contributed by atoms with E-state index in [1.807, 2.05) is 0 Å². The molecule has 3 atom stereocenters. The average Bonchev–Trinajstić information content (AvgIpc) is 3.26. The number of hydrogen-bond acceptors (Lipinski definition) is 6. The molecule has 2 aliphatic heterocycles. The van der Waals surface area contributed by atoms with E-state index in [0.717, 1.165) is 13.1 Å². The van der Waals surface area contributed by atoms with Crippen LogP contribution in [0.15, 0.2) is 36.8 Å². The minimum absolute atomic E-state index is 0.0299. The molecule has 0 spiro atoms. The van der Waals surface area contributed by atoms with Crippen LogP contribution >= 0.6 is 0 Å². The fourth-order valence-corrected chi connectivity index (χ4v) is 5.62. The van der Waals surface area contributed by atoms with Gasteiger partial charge in [0.25, 0.3) is 5.91 Å². The largest absolute Gasteiger partial charge is 0.573 e. The minimum atomic E-state index is -4.80. The quantitative estimate of drug-likeness (QED) is 0.569. The number of aliphatic hydroxyl groups is 1. The number of fused-ring (bicyclic) bond motifs is 1. The molecule has 0 bridgehead atoms. The Bertz CT molecular complexity index is 1140. The monoisotopic (exact) mass is 521 g/mol. The third-order valence-electron chi connectivity index (χ3n) is 7.47. The molecule has 2 aromatic rings. The van der Waals surface area contributed by atoms with Crippen molar-refractivity contribution in [1.29, 1.82) is 0 Å². The van der Waals surface area contributed by atoms with Crippen molar-refractivity contribution in [3.63, 3.8) is 0 Å².